The van der Waals surface area contributed by atoms with Gasteiger partial charge in [0.1, 0.15) is 6.04 Å². The van der Waals surface area contributed by atoms with E-state index >= 15 is 0 Å². The zero-order valence-electron chi connectivity index (χ0n) is 17.0. The fourth-order valence-corrected chi connectivity index (χ4v) is 4.00. The lowest BCUT2D eigenvalue weighted by atomic mass is 10.1. The van der Waals surface area contributed by atoms with E-state index in [1.807, 2.05) is 57.2 Å². The van der Waals surface area contributed by atoms with Crippen LogP contribution < -0.4 is 5.32 Å². The van der Waals surface area contributed by atoms with E-state index in [-0.39, 0.29) is 11.8 Å². The number of likely N-dealkylation sites (N-methyl/N-ethyl adjacent to an activating group) is 1. The highest BCUT2D eigenvalue weighted by Crippen LogP contribution is 2.17. The standard InChI is InChI=1S/C23H30N2O2S/c1-4-21(23(27)24-5-2)25(15-20-13-9-10-18(3)14-20)22(26)17-28-16-19-11-7-6-8-12-19/h6-14,21H,4-5,15-17H2,1-3H3,(H,24,27). The largest absolute Gasteiger partial charge is 0.355 e. The van der Waals surface area contributed by atoms with E-state index in [4.69, 9.17) is 0 Å². The first-order valence-corrected chi connectivity index (χ1v) is 10.9. The molecule has 2 aromatic rings. The van der Waals surface area contributed by atoms with Crippen LogP contribution in [0.15, 0.2) is 54.6 Å². The molecule has 5 heteroatoms. The second kappa shape index (κ2) is 11.5. The minimum absolute atomic E-state index is 0.000500. The number of thioether (sulfide) groups is 1. The van der Waals surface area contributed by atoms with Crippen LogP contribution in [0.1, 0.15) is 37.0 Å². The molecule has 2 rings (SSSR count). The summed E-state index contributed by atoms with van der Waals surface area (Å²) in [5.74, 6) is 1.05. The van der Waals surface area contributed by atoms with Crippen LogP contribution in [0, 0.1) is 6.92 Å². The van der Waals surface area contributed by atoms with Crippen LogP contribution in [0.25, 0.3) is 0 Å². The number of carbonyl (C=O) groups excluding carboxylic acids is 2. The number of hydrogen-bond acceptors (Lipinski definition) is 3. The van der Waals surface area contributed by atoms with Crippen molar-refractivity contribution in [3.8, 4) is 0 Å². The number of aryl methyl sites for hydroxylation is 1. The Balaban J connectivity index is 2.11. The monoisotopic (exact) mass is 398 g/mol. The van der Waals surface area contributed by atoms with Crippen molar-refractivity contribution in [3.05, 3.63) is 71.3 Å². The lowest BCUT2D eigenvalue weighted by Gasteiger charge is -2.30. The summed E-state index contributed by atoms with van der Waals surface area (Å²) in [7, 11) is 0. The Morgan fingerprint density at radius 3 is 2.39 bits per heavy atom. The molecule has 0 fully saturated rings. The Morgan fingerprint density at radius 2 is 1.75 bits per heavy atom. The summed E-state index contributed by atoms with van der Waals surface area (Å²) in [5, 5.41) is 2.87. The predicted molar refractivity (Wildman–Crippen MR) is 117 cm³/mol. The highest BCUT2D eigenvalue weighted by atomic mass is 32.2. The molecule has 0 saturated carbocycles. The molecule has 0 radical (unpaired) electrons. The molecule has 2 aromatic carbocycles. The number of amides is 2. The average molecular weight is 399 g/mol. The zero-order chi connectivity index (χ0) is 20.4. The molecule has 150 valence electrons. The van der Waals surface area contributed by atoms with Crippen molar-refractivity contribution < 1.29 is 9.59 Å². The van der Waals surface area contributed by atoms with Gasteiger partial charge < -0.3 is 10.2 Å². The average Bonchev–Trinajstić information content (AvgIpc) is 2.69. The molecule has 28 heavy (non-hydrogen) atoms. The van der Waals surface area contributed by atoms with E-state index in [0.29, 0.717) is 25.3 Å². The second-order valence-electron chi connectivity index (χ2n) is 6.81. The van der Waals surface area contributed by atoms with Crippen molar-refractivity contribution in [1.29, 1.82) is 0 Å². The summed E-state index contributed by atoms with van der Waals surface area (Å²) < 4.78 is 0. The molecule has 1 unspecified atom stereocenters. The number of hydrogen-bond donors (Lipinski definition) is 1. The Labute approximate surface area is 172 Å². The van der Waals surface area contributed by atoms with E-state index in [1.54, 1.807) is 16.7 Å². The molecular formula is C23H30N2O2S. The summed E-state index contributed by atoms with van der Waals surface area (Å²) in [6, 6.07) is 17.8. The van der Waals surface area contributed by atoms with Crippen LogP contribution >= 0.6 is 11.8 Å². The van der Waals surface area contributed by atoms with Gasteiger partial charge in [-0.2, -0.15) is 0 Å². The van der Waals surface area contributed by atoms with Gasteiger partial charge in [-0.05, 0) is 31.4 Å². The number of benzene rings is 2. The van der Waals surface area contributed by atoms with E-state index < -0.39 is 6.04 Å². The first kappa shape index (κ1) is 22.0. The first-order valence-electron chi connectivity index (χ1n) is 9.79. The predicted octanol–water partition coefficient (Wildman–Crippen LogP) is 4.17. The van der Waals surface area contributed by atoms with Gasteiger partial charge in [-0.1, -0.05) is 67.1 Å². The van der Waals surface area contributed by atoms with Crippen LogP contribution in [-0.4, -0.2) is 35.1 Å². The molecular weight excluding hydrogens is 368 g/mol. The van der Waals surface area contributed by atoms with Crippen molar-refractivity contribution in [2.24, 2.45) is 0 Å². The molecule has 0 aromatic heterocycles. The van der Waals surface area contributed by atoms with Gasteiger partial charge >= 0.3 is 0 Å². The minimum Gasteiger partial charge on any atom is -0.355 e. The van der Waals surface area contributed by atoms with Gasteiger partial charge in [-0.25, -0.2) is 0 Å². The Kier molecular flexibility index (Phi) is 9.08. The SMILES string of the molecule is CCNC(=O)C(CC)N(Cc1cccc(C)c1)C(=O)CSCc1ccccc1. The van der Waals surface area contributed by atoms with Crippen molar-refractivity contribution >= 4 is 23.6 Å². The highest BCUT2D eigenvalue weighted by molar-refractivity contribution is 7.99. The fourth-order valence-electron chi connectivity index (χ4n) is 3.13. The normalized spacial score (nSPS) is 11.7. The fraction of sp³-hybridized carbons (Fsp3) is 0.391. The van der Waals surface area contributed by atoms with Crippen molar-refractivity contribution in [2.75, 3.05) is 12.3 Å². The van der Waals surface area contributed by atoms with Gasteiger partial charge in [-0.3, -0.25) is 9.59 Å². The molecule has 1 N–H and O–H groups in total. The van der Waals surface area contributed by atoms with E-state index in [9.17, 15) is 9.59 Å². The van der Waals surface area contributed by atoms with Gasteiger partial charge in [0, 0.05) is 18.8 Å². The van der Waals surface area contributed by atoms with E-state index in [2.05, 4.69) is 23.5 Å². The quantitative estimate of drug-likeness (QED) is 0.653. The summed E-state index contributed by atoms with van der Waals surface area (Å²) in [6.07, 6.45) is 0.590. The second-order valence-corrected chi connectivity index (χ2v) is 7.79. The third-order valence-corrected chi connectivity index (χ3v) is 5.50. The van der Waals surface area contributed by atoms with Gasteiger partial charge in [0.25, 0.3) is 0 Å². The molecule has 1 atom stereocenters. The molecule has 2 amide bonds. The third-order valence-electron chi connectivity index (χ3n) is 4.51. The van der Waals surface area contributed by atoms with Gasteiger partial charge in [-0.15, -0.1) is 11.8 Å². The summed E-state index contributed by atoms with van der Waals surface area (Å²) in [4.78, 5) is 27.4. The zero-order valence-corrected chi connectivity index (χ0v) is 17.8. The number of carbonyl (C=O) groups is 2. The first-order chi connectivity index (χ1) is 13.5. The van der Waals surface area contributed by atoms with Crippen LogP contribution in [0.3, 0.4) is 0 Å². The van der Waals surface area contributed by atoms with Crippen LogP contribution in [0.5, 0.6) is 0 Å². The summed E-state index contributed by atoms with van der Waals surface area (Å²) in [6.45, 7) is 6.89. The maximum Gasteiger partial charge on any atom is 0.242 e. The highest BCUT2D eigenvalue weighted by Gasteiger charge is 2.28. The molecule has 0 heterocycles. The lowest BCUT2D eigenvalue weighted by Crippen LogP contribution is -2.49. The molecule has 0 spiro atoms. The van der Waals surface area contributed by atoms with Crippen molar-refractivity contribution in [1.82, 2.24) is 10.2 Å². The lowest BCUT2D eigenvalue weighted by molar-refractivity contribution is -0.139. The van der Waals surface area contributed by atoms with Crippen molar-refractivity contribution in [3.63, 3.8) is 0 Å². The summed E-state index contributed by atoms with van der Waals surface area (Å²) in [5.41, 5.74) is 3.39. The van der Waals surface area contributed by atoms with Crippen LogP contribution in [0.4, 0.5) is 0 Å². The van der Waals surface area contributed by atoms with Gasteiger partial charge in [0.15, 0.2) is 0 Å². The van der Waals surface area contributed by atoms with Gasteiger partial charge in [0.05, 0.1) is 5.75 Å². The van der Waals surface area contributed by atoms with Crippen LogP contribution in [0.2, 0.25) is 0 Å². The van der Waals surface area contributed by atoms with E-state index in [0.717, 1.165) is 16.9 Å². The van der Waals surface area contributed by atoms with Crippen LogP contribution in [-0.2, 0) is 21.9 Å². The topological polar surface area (TPSA) is 49.4 Å². The smallest absolute Gasteiger partial charge is 0.242 e. The maximum atomic E-state index is 13.1. The molecule has 0 aliphatic heterocycles. The third kappa shape index (κ3) is 6.71. The Bertz CT molecular complexity index is 764. The molecule has 0 saturated heterocycles. The Hall–Kier alpha value is -2.27. The summed E-state index contributed by atoms with van der Waals surface area (Å²) >= 11 is 1.59. The van der Waals surface area contributed by atoms with Crippen molar-refractivity contribution in [2.45, 2.75) is 45.5 Å². The molecule has 0 bridgehead atoms. The molecule has 0 aliphatic carbocycles. The minimum atomic E-state index is -0.453. The number of nitrogens with zero attached hydrogens (tertiary/aromatic N) is 1. The molecule has 0 aliphatic rings. The Morgan fingerprint density at radius 1 is 1.04 bits per heavy atom. The molecule has 4 nitrogen and oxygen atoms in total. The number of rotatable bonds is 10. The van der Waals surface area contributed by atoms with Gasteiger partial charge in [0.2, 0.25) is 11.8 Å². The number of nitrogens with one attached hydrogen (secondary N) is 1. The maximum absolute atomic E-state index is 13.1. The van der Waals surface area contributed by atoms with E-state index in [1.165, 1.54) is 5.56 Å².